The lowest BCUT2D eigenvalue weighted by atomic mass is 9.41. The number of hydrogen-bond acceptors (Lipinski definition) is 2. The van der Waals surface area contributed by atoms with Gasteiger partial charge in [0.25, 0.3) is 0 Å². The number of para-hydroxylation sites is 1. The summed E-state index contributed by atoms with van der Waals surface area (Å²) >= 11 is 0. The van der Waals surface area contributed by atoms with Gasteiger partial charge in [0.1, 0.15) is 0 Å². The zero-order valence-corrected chi connectivity index (χ0v) is 9.31. The van der Waals surface area contributed by atoms with E-state index in [1.54, 1.807) is 4.90 Å². The van der Waals surface area contributed by atoms with Gasteiger partial charge in [-0.15, -0.1) is 0 Å². The van der Waals surface area contributed by atoms with Crippen LogP contribution in [0, 0.1) is 5.41 Å². The van der Waals surface area contributed by atoms with E-state index < -0.39 is 5.60 Å². The SMILES string of the molecule is CN(C(=O)C12CC(O)(C1)C2)c1ccccc1. The minimum atomic E-state index is -0.507. The van der Waals surface area contributed by atoms with E-state index in [9.17, 15) is 9.90 Å². The van der Waals surface area contributed by atoms with Gasteiger partial charge in [-0.3, -0.25) is 4.79 Å². The average molecular weight is 217 g/mol. The highest BCUT2D eigenvalue weighted by atomic mass is 16.3. The van der Waals surface area contributed by atoms with Crippen molar-refractivity contribution in [2.45, 2.75) is 24.9 Å². The van der Waals surface area contributed by atoms with E-state index >= 15 is 0 Å². The first-order valence-corrected chi connectivity index (χ1v) is 5.60. The molecule has 1 N–H and O–H groups in total. The molecular weight excluding hydrogens is 202 g/mol. The molecule has 0 aromatic heterocycles. The second kappa shape index (κ2) is 2.86. The molecule has 1 aromatic rings. The minimum absolute atomic E-state index is 0.148. The monoisotopic (exact) mass is 217 g/mol. The summed E-state index contributed by atoms with van der Waals surface area (Å²) in [4.78, 5) is 13.9. The number of benzene rings is 1. The molecule has 4 rings (SSSR count). The average Bonchev–Trinajstić information content (AvgIpc) is 2.23. The van der Waals surface area contributed by atoms with Gasteiger partial charge in [-0.1, -0.05) is 18.2 Å². The molecule has 16 heavy (non-hydrogen) atoms. The van der Waals surface area contributed by atoms with Gasteiger partial charge in [-0.25, -0.2) is 0 Å². The third-order valence-electron chi connectivity index (χ3n) is 3.90. The van der Waals surface area contributed by atoms with Crippen LogP contribution in [0.2, 0.25) is 0 Å². The summed E-state index contributed by atoms with van der Waals surface area (Å²) < 4.78 is 0. The van der Waals surface area contributed by atoms with Gasteiger partial charge in [0.15, 0.2) is 0 Å². The number of amides is 1. The van der Waals surface area contributed by atoms with Crippen LogP contribution in [0.4, 0.5) is 5.69 Å². The Morgan fingerprint density at radius 1 is 1.25 bits per heavy atom. The quantitative estimate of drug-likeness (QED) is 0.816. The van der Waals surface area contributed by atoms with Gasteiger partial charge in [0.2, 0.25) is 5.91 Å². The van der Waals surface area contributed by atoms with Crippen molar-refractivity contribution in [2.24, 2.45) is 5.41 Å². The Labute approximate surface area is 94.7 Å². The Morgan fingerprint density at radius 2 is 1.81 bits per heavy atom. The molecule has 1 aromatic carbocycles. The lowest BCUT2D eigenvalue weighted by Crippen LogP contribution is -2.72. The second-order valence-electron chi connectivity index (χ2n) is 5.23. The molecule has 3 heteroatoms. The largest absolute Gasteiger partial charge is 0.390 e. The maximum atomic E-state index is 12.2. The summed E-state index contributed by atoms with van der Waals surface area (Å²) in [5, 5.41) is 9.67. The van der Waals surface area contributed by atoms with Crippen LogP contribution < -0.4 is 4.90 Å². The molecule has 3 aliphatic rings. The molecule has 0 unspecified atom stereocenters. The summed E-state index contributed by atoms with van der Waals surface area (Å²) in [6.45, 7) is 0. The molecular formula is C13H15NO2. The highest BCUT2D eigenvalue weighted by Crippen LogP contribution is 2.67. The Hall–Kier alpha value is -1.35. The third kappa shape index (κ3) is 1.15. The fourth-order valence-corrected chi connectivity index (χ4v) is 3.09. The van der Waals surface area contributed by atoms with Gasteiger partial charge in [-0.05, 0) is 31.4 Å². The fraction of sp³-hybridized carbons (Fsp3) is 0.462. The number of nitrogens with zero attached hydrogens (tertiary/aromatic N) is 1. The highest BCUT2D eigenvalue weighted by molar-refractivity contribution is 5.99. The first-order valence-electron chi connectivity index (χ1n) is 5.60. The molecule has 2 bridgehead atoms. The number of aliphatic hydroxyl groups is 1. The van der Waals surface area contributed by atoms with Gasteiger partial charge in [0.05, 0.1) is 11.0 Å². The summed E-state index contributed by atoms with van der Waals surface area (Å²) in [5.41, 5.74) is 0.163. The summed E-state index contributed by atoms with van der Waals surface area (Å²) in [6.07, 6.45) is 1.95. The molecule has 3 saturated carbocycles. The van der Waals surface area contributed by atoms with E-state index in [0.29, 0.717) is 19.3 Å². The zero-order chi connectivity index (χ0) is 11.4. The van der Waals surface area contributed by atoms with Crippen molar-refractivity contribution in [2.75, 3.05) is 11.9 Å². The van der Waals surface area contributed by atoms with Gasteiger partial charge >= 0.3 is 0 Å². The molecule has 3 fully saturated rings. The maximum absolute atomic E-state index is 12.2. The first-order chi connectivity index (χ1) is 7.55. The lowest BCUT2D eigenvalue weighted by Gasteiger charge is -2.66. The van der Waals surface area contributed by atoms with Crippen LogP contribution in [0.3, 0.4) is 0 Å². The molecule has 0 saturated heterocycles. The van der Waals surface area contributed by atoms with Crippen molar-refractivity contribution < 1.29 is 9.90 Å². The van der Waals surface area contributed by atoms with E-state index in [0.717, 1.165) is 5.69 Å². The number of hydrogen-bond donors (Lipinski definition) is 1. The maximum Gasteiger partial charge on any atom is 0.233 e. The summed E-state index contributed by atoms with van der Waals surface area (Å²) in [5.74, 6) is 0.148. The van der Waals surface area contributed by atoms with Crippen LogP contribution in [-0.4, -0.2) is 23.7 Å². The van der Waals surface area contributed by atoms with E-state index in [2.05, 4.69) is 0 Å². The molecule has 0 atom stereocenters. The second-order valence-corrected chi connectivity index (χ2v) is 5.23. The van der Waals surface area contributed by atoms with Crippen molar-refractivity contribution in [3.05, 3.63) is 30.3 Å². The van der Waals surface area contributed by atoms with Crippen LogP contribution in [0.25, 0.3) is 0 Å². The van der Waals surface area contributed by atoms with E-state index in [1.165, 1.54) is 0 Å². The Bertz CT molecular complexity index is 421. The molecule has 1 amide bonds. The van der Waals surface area contributed by atoms with Gasteiger partial charge < -0.3 is 10.0 Å². The number of carbonyl (C=O) groups is 1. The van der Waals surface area contributed by atoms with Gasteiger partial charge in [-0.2, -0.15) is 0 Å². The predicted molar refractivity (Wildman–Crippen MR) is 61.1 cm³/mol. The Balaban J connectivity index is 1.77. The van der Waals surface area contributed by atoms with Crippen molar-refractivity contribution in [1.29, 1.82) is 0 Å². The van der Waals surface area contributed by atoms with Crippen LogP contribution in [0.5, 0.6) is 0 Å². The highest BCUT2D eigenvalue weighted by Gasteiger charge is 2.71. The molecule has 0 radical (unpaired) electrons. The number of carbonyl (C=O) groups excluding carboxylic acids is 1. The smallest absolute Gasteiger partial charge is 0.233 e. The molecule has 0 spiro atoms. The van der Waals surface area contributed by atoms with Crippen LogP contribution in [-0.2, 0) is 4.79 Å². The number of rotatable bonds is 2. The first kappa shape index (κ1) is 9.85. The van der Waals surface area contributed by atoms with Gasteiger partial charge in [0, 0.05) is 12.7 Å². The van der Waals surface area contributed by atoms with E-state index in [1.807, 2.05) is 37.4 Å². The van der Waals surface area contributed by atoms with Crippen LogP contribution in [0.15, 0.2) is 30.3 Å². The minimum Gasteiger partial charge on any atom is -0.390 e. The summed E-state index contributed by atoms with van der Waals surface area (Å²) in [6, 6.07) is 9.64. The zero-order valence-electron chi connectivity index (χ0n) is 9.31. The van der Waals surface area contributed by atoms with Crippen LogP contribution in [0.1, 0.15) is 19.3 Å². The Morgan fingerprint density at radius 3 is 2.31 bits per heavy atom. The third-order valence-corrected chi connectivity index (χ3v) is 3.90. The molecule has 3 aliphatic carbocycles. The fourth-order valence-electron chi connectivity index (χ4n) is 3.09. The molecule has 0 aliphatic heterocycles. The van der Waals surface area contributed by atoms with Crippen molar-refractivity contribution >= 4 is 11.6 Å². The molecule has 0 heterocycles. The molecule has 3 nitrogen and oxygen atoms in total. The van der Waals surface area contributed by atoms with Crippen molar-refractivity contribution in [3.63, 3.8) is 0 Å². The Kier molecular flexibility index (Phi) is 1.76. The van der Waals surface area contributed by atoms with Crippen molar-refractivity contribution in [1.82, 2.24) is 0 Å². The molecule has 84 valence electrons. The number of anilines is 1. The topological polar surface area (TPSA) is 40.5 Å². The van der Waals surface area contributed by atoms with E-state index in [-0.39, 0.29) is 11.3 Å². The predicted octanol–water partition coefficient (Wildman–Crippen LogP) is 1.56. The lowest BCUT2D eigenvalue weighted by molar-refractivity contribution is -0.248. The summed E-state index contributed by atoms with van der Waals surface area (Å²) in [7, 11) is 1.81. The standard InChI is InChI=1S/C13H15NO2/c1-14(10-5-3-2-4-6-10)11(15)12-7-13(16,8-12)9-12/h2-6,16H,7-9H2,1H3. The van der Waals surface area contributed by atoms with Crippen LogP contribution >= 0.6 is 0 Å². The normalized spacial score (nSPS) is 34.9. The van der Waals surface area contributed by atoms with Crippen molar-refractivity contribution in [3.8, 4) is 0 Å². The van der Waals surface area contributed by atoms with E-state index in [4.69, 9.17) is 0 Å².